The van der Waals surface area contributed by atoms with Crippen molar-refractivity contribution in [1.29, 1.82) is 0 Å². The minimum absolute atomic E-state index is 0.0668. The Morgan fingerprint density at radius 3 is 2.76 bits per heavy atom. The average Bonchev–Trinajstić information content (AvgIpc) is 2.99. The zero-order chi connectivity index (χ0) is 14.7. The van der Waals surface area contributed by atoms with Crippen molar-refractivity contribution in [2.24, 2.45) is 5.92 Å². The summed E-state index contributed by atoms with van der Waals surface area (Å²) in [6.45, 7) is 7.26. The zero-order valence-electron chi connectivity index (χ0n) is 13.8. The number of nitrogens with zero attached hydrogens (tertiary/aromatic N) is 1. The van der Waals surface area contributed by atoms with Crippen molar-refractivity contribution in [1.82, 2.24) is 10.2 Å². The lowest BCUT2D eigenvalue weighted by molar-refractivity contribution is -0.0559. The smallest absolute Gasteiger partial charge is 0.106 e. The molecule has 3 fully saturated rings. The van der Waals surface area contributed by atoms with Crippen LogP contribution in [0.15, 0.2) is 0 Å². The minimum atomic E-state index is -0.0668. The second kappa shape index (κ2) is 6.95. The van der Waals surface area contributed by atoms with Crippen LogP contribution in [-0.2, 0) is 9.47 Å². The molecule has 3 unspecified atom stereocenters. The average molecular weight is 296 g/mol. The van der Waals surface area contributed by atoms with Gasteiger partial charge in [0.25, 0.3) is 0 Å². The standard InChI is InChI=1S/C17H32N2O2/c1-14-10-18-16(15-6-4-3-5-7-15)11-19(14)12-17(20-2)8-9-21-13-17/h14-16,18H,3-13H2,1-2H3. The Labute approximate surface area is 129 Å². The van der Waals surface area contributed by atoms with Gasteiger partial charge in [-0.3, -0.25) is 4.90 Å². The molecule has 4 heteroatoms. The third kappa shape index (κ3) is 3.61. The van der Waals surface area contributed by atoms with Crippen LogP contribution in [0.25, 0.3) is 0 Å². The van der Waals surface area contributed by atoms with Gasteiger partial charge in [-0.1, -0.05) is 19.3 Å². The molecule has 1 saturated carbocycles. The Hall–Kier alpha value is -0.160. The lowest BCUT2D eigenvalue weighted by Crippen LogP contribution is -2.61. The SMILES string of the molecule is COC1(CN2CC(C3CCCCC3)NCC2C)CCOC1. The summed E-state index contributed by atoms with van der Waals surface area (Å²) in [7, 11) is 1.85. The predicted molar refractivity (Wildman–Crippen MR) is 84.6 cm³/mol. The molecule has 21 heavy (non-hydrogen) atoms. The van der Waals surface area contributed by atoms with Crippen LogP contribution in [0, 0.1) is 5.92 Å². The van der Waals surface area contributed by atoms with E-state index < -0.39 is 0 Å². The Morgan fingerprint density at radius 2 is 2.10 bits per heavy atom. The number of rotatable bonds is 4. The Bertz CT molecular complexity index is 325. The number of piperazine rings is 1. The van der Waals surface area contributed by atoms with Gasteiger partial charge in [0.1, 0.15) is 5.60 Å². The summed E-state index contributed by atoms with van der Waals surface area (Å²) < 4.78 is 11.4. The van der Waals surface area contributed by atoms with Gasteiger partial charge in [0.15, 0.2) is 0 Å². The van der Waals surface area contributed by atoms with Gasteiger partial charge in [-0.15, -0.1) is 0 Å². The molecule has 3 atom stereocenters. The summed E-state index contributed by atoms with van der Waals surface area (Å²) in [4.78, 5) is 2.65. The molecule has 2 aliphatic heterocycles. The molecule has 0 aromatic carbocycles. The molecule has 0 bridgehead atoms. The first-order valence-corrected chi connectivity index (χ1v) is 8.83. The molecule has 0 spiro atoms. The number of methoxy groups -OCH3 is 1. The quantitative estimate of drug-likeness (QED) is 0.861. The Morgan fingerprint density at radius 1 is 1.29 bits per heavy atom. The van der Waals surface area contributed by atoms with E-state index in [0.717, 1.165) is 38.6 Å². The van der Waals surface area contributed by atoms with Crippen LogP contribution in [-0.4, -0.2) is 62.5 Å². The van der Waals surface area contributed by atoms with Crippen molar-refractivity contribution in [3.8, 4) is 0 Å². The fourth-order valence-electron chi connectivity index (χ4n) is 4.33. The van der Waals surface area contributed by atoms with E-state index in [1.165, 1.54) is 38.6 Å². The summed E-state index contributed by atoms with van der Waals surface area (Å²) in [5.74, 6) is 0.882. The molecular formula is C17H32N2O2. The van der Waals surface area contributed by atoms with Crippen molar-refractivity contribution in [3.63, 3.8) is 0 Å². The highest BCUT2D eigenvalue weighted by Gasteiger charge is 2.40. The van der Waals surface area contributed by atoms with Crippen LogP contribution < -0.4 is 5.32 Å². The van der Waals surface area contributed by atoms with E-state index in [9.17, 15) is 0 Å². The highest BCUT2D eigenvalue weighted by molar-refractivity contribution is 4.95. The van der Waals surface area contributed by atoms with Gasteiger partial charge in [-0.05, 0) is 25.7 Å². The highest BCUT2D eigenvalue weighted by atomic mass is 16.5. The maximum absolute atomic E-state index is 5.84. The molecule has 0 aromatic rings. The normalized spacial score (nSPS) is 39.7. The molecule has 3 aliphatic rings. The van der Waals surface area contributed by atoms with E-state index in [0.29, 0.717) is 12.1 Å². The van der Waals surface area contributed by atoms with Crippen molar-refractivity contribution in [2.75, 3.05) is 40.0 Å². The third-order valence-electron chi connectivity index (χ3n) is 5.94. The monoisotopic (exact) mass is 296 g/mol. The van der Waals surface area contributed by atoms with Crippen LogP contribution in [0.4, 0.5) is 0 Å². The van der Waals surface area contributed by atoms with E-state index >= 15 is 0 Å². The van der Waals surface area contributed by atoms with Gasteiger partial charge in [-0.2, -0.15) is 0 Å². The Balaban J connectivity index is 1.60. The second-order valence-electron chi connectivity index (χ2n) is 7.38. The summed E-state index contributed by atoms with van der Waals surface area (Å²) in [5, 5.41) is 3.81. The first-order valence-electron chi connectivity index (χ1n) is 8.83. The molecule has 1 aliphatic carbocycles. The second-order valence-corrected chi connectivity index (χ2v) is 7.38. The fourth-order valence-corrected chi connectivity index (χ4v) is 4.33. The molecule has 1 N–H and O–H groups in total. The van der Waals surface area contributed by atoms with Crippen molar-refractivity contribution in [2.45, 2.75) is 63.1 Å². The topological polar surface area (TPSA) is 33.7 Å². The van der Waals surface area contributed by atoms with Crippen LogP contribution in [0.1, 0.15) is 45.4 Å². The predicted octanol–water partition coefficient (Wildman–Crippen LogP) is 2.03. The van der Waals surface area contributed by atoms with E-state index in [2.05, 4.69) is 17.1 Å². The summed E-state index contributed by atoms with van der Waals surface area (Å²) in [6.07, 6.45) is 8.15. The number of nitrogens with one attached hydrogen (secondary N) is 1. The lowest BCUT2D eigenvalue weighted by Gasteiger charge is -2.45. The molecule has 2 heterocycles. The lowest BCUT2D eigenvalue weighted by atomic mass is 9.82. The number of hydrogen-bond acceptors (Lipinski definition) is 4. The Kier molecular flexibility index (Phi) is 5.20. The van der Waals surface area contributed by atoms with Gasteiger partial charge in [0.2, 0.25) is 0 Å². The fraction of sp³-hybridized carbons (Fsp3) is 1.00. The molecule has 3 rings (SSSR count). The van der Waals surface area contributed by atoms with Gasteiger partial charge in [0.05, 0.1) is 6.61 Å². The zero-order valence-corrected chi connectivity index (χ0v) is 13.8. The molecular weight excluding hydrogens is 264 g/mol. The largest absolute Gasteiger partial charge is 0.378 e. The molecule has 0 amide bonds. The third-order valence-corrected chi connectivity index (χ3v) is 5.94. The molecule has 0 radical (unpaired) electrons. The van der Waals surface area contributed by atoms with Gasteiger partial charge >= 0.3 is 0 Å². The van der Waals surface area contributed by atoms with Crippen LogP contribution in [0.5, 0.6) is 0 Å². The van der Waals surface area contributed by atoms with Crippen molar-refractivity contribution >= 4 is 0 Å². The molecule has 0 aromatic heterocycles. The molecule has 2 saturated heterocycles. The highest BCUT2D eigenvalue weighted by Crippen LogP contribution is 2.30. The van der Waals surface area contributed by atoms with Gasteiger partial charge < -0.3 is 14.8 Å². The van der Waals surface area contributed by atoms with E-state index in [4.69, 9.17) is 9.47 Å². The molecule has 4 nitrogen and oxygen atoms in total. The van der Waals surface area contributed by atoms with E-state index in [1.807, 2.05) is 7.11 Å². The maximum atomic E-state index is 5.84. The van der Waals surface area contributed by atoms with E-state index in [-0.39, 0.29) is 5.60 Å². The van der Waals surface area contributed by atoms with E-state index in [1.54, 1.807) is 0 Å². The first kappa shape index (κ1) is 15.7. The number of ether oxygens (including phenoxy) is 2. The summed E-state index contributed by atoms with van der Waals surface area (Å²) >= 11 is 0. The summed E-state index contributed by atoms with van der Waals surface area (Å²) in [6, 6.07) is 1.27. The van der Waals surface area contributed by atoms with Crippen LogP contribution in [0.2, 0.25) is 0 Å². The minimum Gasteiger partial charge on any atom is -0.378 e. The summed E-state index contributed by atoms with van der Waals surface area (Å²) in [5.41, 5.74) is -0.0668. The van der Waals surface area contributed by atoms with Crippen LogP contribution >= 0.6 is 0 Å². The molecule has 122 valence electrons. The van der Waals surface area contributed by atoms with Crippen molar-refractivity contribution in [3.05, 3.63) is 0 Å². The number of hydrogen-bond donors (Lipinski definition) is 1. The van der Waals surface area contributed by atoms with Crippen LogP contribution in [0.3, 0.4) is 0 Å². The first-order chi connectivity index (χ1) is 10.2. The van der Waals surface area contributed by atoms with Crippen molar-refractivity contribution < 1.29 is 9.47 Å². The van der Waals surface area contributed by atoms with Gasteiger partial charge in [-0.25, -0.2) is 0 Å². The van der Waals surface area contributed by atoms with Gasteiger partial charge in [0, 0.05) is 51.9 Å². The maximum Gasteiger partial charge on any atom is 0.106 e.